The molecule has 0 radical (unpaired) electrons. The summed E-state index contributed by atoms with van der Waals surface area (Å²) in [5.74, 6) is -1.76. The fourth-order valence-electron chi connectivity index (χ4n) is 1.31. The van der Waals surface area contributed by atoms with Crippen molar-refractivity contribution in [2.75, 3.05) is 33.4 Å². The van der Waals surface area contributed by atoms with Crippen LogP contribution in [0.5, 0.6) is 0 Å². The highest BCUT2D eigenvalue weighted by atomic mass is 35.5. The van der Waals surface area contributed by atoms with Crippen LogP contribution >= 0.6 is 11.6 Å². The topological polar surface area (TPSA) is 107 Å². The Bertz CT molecular complexity index is 538. The number of amides is 2. The van der Waals surface area contributed by atoms with E-state index in [1.807, 2.05) is 0 Å². The third-order valence-electron chi connectivity index (χ3n) is 2.34. The lowest BCUT2D eigenvalue weighted by Gasteiger charge is -2.07. The molecule has 1 rings (SSSR count). The van der Waals surface area contributed by atoms with Crippen LogP contribution in [0.15, 0.2) is 18.3 Å². The molecule has 2 amide bonds. The second-order valence-electron chi connectivity index (χ2n) is 4.05. The molecule has 1 aromatic rings. The average Bonchev–Trinajstić information content (AvgIpc) is 2.50. The van der Waals surface area contributed by atoms with E-state index in [2.05, 4.69) is 15.6 Å². The lowest BCUT2D eigenvalue weighted by atomic mass is 10.3. The largest absolute Gasteiger partial charge is 0.454 e. The number of pyridine rings is 1. The molecule has 0 fully saturated rings. The zero-order valence-corrected chi connectivity index (χ0v) is 12.7. The molecule has 8 nitrogen and oxygen atoms in total. The molecule has 1 aromatic heterocycles. The number of hydrogen-bond donors (Lipinski definition) is 2. The highest BCUT2D eigenvalue weighted by Crippen LogP contribution is 2.07. The minimum Gasteiger partial charge on any atom is -0.454 e. The number of hydrogen-bond acceptors (Lipinski definition) is 6. The number of carbonyl (C=O) groups excluding carboxylic acids is 3. The number of nitrogens with one attached hydrogen (secondary N) is 2. The highest BCUT2D eigenvalue weighted by Gasteiger charge is 2.11. The summed E-state index contributed by atoms with van der Waals surface area (Å²) in [6, 6.07) is 2.89. The van der Waals surface area contributed by atoms with Gasteiger partial charge in [-0.2, -0.15) is 0 Å². The summed E-state index contributed by atoms with van der Waals surface area (Å²) in [5, 5.41) is 5.16. The SMILES string of the molecule is COCCNC(=O)COC(=O)CNC(=O)c1cc(Cl)ccn1. The van der Waals surface area contributed by atoms with E-state index < -0.39 is 24.4 Å². The second kappa shape index (κ2) is 9.69. The molecule has 2 N–H and O–H groups in total. The molecular weight excluding hydrogens is 314 g/mol. The smallest absolute Gasteiger partial charge is 0.325 e. The van der Waals surface area contributed by atoms with Crippen molar-refractivity contribution in [3.63, 3.8) is 0 Å². The van der Waals surface area contributed by atoms with Crippen LogP contribution < -0.4 is 10.6 Å². The van der Waals surface area contributed by atoms with Gasteiger partial charge in [-0.3, -0.25) is 19.4 Å². The highest BCUT2D eigenvalue weighted by molar-refractivity contribution is 6.30. The van der Waals surface area contributed by atoms with Crippen LogP contribution in [-0.4, -0.2) is 56.2 Å². The fourth-order valence-corrected chi connectivity index (χ4v) is 1.47. The maximum absolute atomic E-state index is 11.7. The molecule has 0 spiro atoms. The van der Waals surface area contributed by atoms with E-state index in [4.69, 9.17) is 21.1 Å². The molecular formula is C13H16ClN3O5. The van der Waals surface area contributed by atoms with Gasteiger partial charge < -0.3 is 20.1 Å². The van der Waals surface area contributed by atoms with Crippen LogP contribution in [0.25, 0.3) is 0 Å². The van der Waals surface area contributed by atoms with Crippen molar-refractivity contribution in [1.82, 2.24) is 15.6 Å². The first kappa shape index (κ1) is 17.9. The van der Waals surface area contributed by atoms with Crippen molar-refractivity contribution >= 4 is 29.4 Å². The van der Waals surface area contributed by atoms with Crippen LogP contribution in [0, 0.1) is 0 Å². The first-order chi connectivity index (χ1) is 10.5. The van der Waals surface area contributed by atoms with Gasteiger partial charge in [0.2, 0.25) is 0 Å². The summed E-state index contributed by atoms with van der Waals surface area (Å²) in [5.41, 5.74) is 0.0811. The number of aromatic nitrogens is 1. The van der Waals surface area contributed by atoms with Gasteiger partial charge in [-0.15, -0.1) is 0 Å². The molecule has 22 heavy (non-hydrogen) atoms. The zero-order valence-electron chi connectivity index (χ0n) is 11.9. The number of nitrogens with zero attached hydrogens (tertiary/aromatic N) is 1. The normalized spacial score (nSPS) is 9.91. The van der Waals surface area contributed by atoms with Crippen LogP contribution in [0.4, 0.5) is 0 Å². The molecule has 0 atom stereocenters. The second-order valence-corrected chi connectivity index (χ2v) is 4.48. The van der Waals surface area contributed by atoms with Crippen molar-refractivity contribution in [3.8, 4) is 0 Å². The molecule has 0 aliphatic rings. The lowest BCUT2D eigenvalue weighted by Crippen LogP contribution is -2.35. The number of rotatable bonds is 8. The predicted octanol–water partition coefficient (Wildman–Crippen LogP) is -0.229. The van der Waals surface area contributed by atoms with Crippen LogP contribution in [0.2, 0.25) is 5.02 Å². The number of carbonyl (C=O) groups is 3. The molecule has 1 heterocycles. The van der Waals surface area contributed by atoms with Gasteiger partial charge >= 0.3 is 5.97 Å². The minimum absolute atomic E-state index is 0.0811. The Balaban J connectivity index is 2.25. The molecule has 0 saturated carbocycles. The van der Waals surface area contributed by atoms with E-state index in [-0.39, 0.29) is 12.2 Å². The van der Waals surface area contributed by atoms with E-state index in [9.17, 15) is 14.4 Å². The summed E-state index contributed by atoms with van der Waals surface area (Å²) in [6.07, 6.45) is 1.37. The number of halogens is 1. The summed E-state index contributed by atoms with van der Waals surface area (Å²) < 4.78 is 9.44. The van der Waals surface area contributed by atoms with E-state index in [1.165, 1.54) is 25.4 Å². The standard InChI is InChI=1S/C13H16ClN3O5/c1-21-5-4-16-11(18)8-22-12(19)7-17-13(20)10-6-9(14)2-3-15-10/h2-3,6H,4-5,7-8H2,1H3,(H,16,18)(H,17,20). The fraction of sp³-hybridized carbons (Fsp3) is 0.385. The van der Waals surface area contributed by atoms with Gasteiger partial charge in [0.05, 0.1) is 6.61 Å². The van der Waals surface area contributed by atoms with Crippen molar-refractivity contribution in [2.45, 2.75) is 0 Å². The Kier molecular flexibility index (Phi) is 7.87. The monoisotopic (exact) mass is 329 g/mol. The molecule has 0 aliphatic heterocycles. The Hall–Kier alpha value is -2.19. The van der Waals surface area contributed by atoms with E-state index in [1.54, 1.807) is 0 Å². The van der Waals surface area contributed by atoms with Gasteiger partial charge in [-0.05, 0) is 12.1 Å². The maximum Gasteiger partial charge on any atom is 0.325 e. The third kappa shape index (κ3) is 7.00. The first-order valence-electron chi connectivity index (χ1n) is 6.34. The lowest BCUT2D eigenvalue weighted by molar-refractivity contribution is -0.147. The molecule has 0 saturated heterocycles. The van der Waals surface area contributed by atoms with Gasteiger partial charge in [0.1, 0.15) is 12.2 Å². The number of ether oxygens (including phenoxy) is 2. The van der Waals surface area contributed by atoms with E-state index in [0.29, 0.717) is 18.2 Å². The Morgan fingerprint density at radius 1 is 1.32 bits per heavy atom. The van der Waals surface area contributed by atoms with Crippen molar-refractivity contribution in [1.29, 1.82) is 0 Å². The van der Waals surface area contributed by atoms with Crippen molar-refractivity contribution in [2.24, 2.45) is 0 Å². The molecule has 0 unspecified atom stereocenters. The Labute approximate surface area is 132 Å². The van der Waals surface area contributed by atoms with Crippen LogP contribution in [0.1, 0.15) is 10.5 Å². The third-order valence-corrected chi connectivity index (χ3v) is 2.58. The minimum atomic E-state index is -0.739. The van der Waals surface area contributed by atoms with Gasteiger partial charge in [0.15, 0.2) is 6.61 Å². The Morgan fingerprint density at radius 2 is 2.09 bits per heavy atom. The predicted molar refractivity (Wildman–Crippen MR) is 77.4 cm³/mol. The summed E-state index contributed by atoms with van der Waals surface area (Å²) in [7, 11) is 1.50. The van der Waals surface area contributed by atoms with Crippen LogP contribution in [0.3, 0.4) is 0 Å². The Morgan fingerprint density at radius 3 is 2.77 bits per heavy atom. The quantitative estimate of drug-likeness (QED) is 0.504. The average molecular weight is 330 g/mol. The molecule has 0 aromatic carbocycles. The number of methoxy groups -OCH3 is 1. The molecule has 120 valence electrons. The summed E-state index contributed by atoms with van der Waals surface area (Å²) in [6.45, 7) is -0.112. The van der Waals surface area contributed by atoms with Crippen LogP contribution in [-0.2, 0) is 19.1 Å². The van der Waals surface area contributed by atoms with Crippen molar-refractivity contribution < 1.29 is 23.9 Å². The van der Waals surface area contributed by atoms with E-state index >= 15 is 0 Å². The molecule has 9 heteroatoms. The van der Waals surface area contributed by atoms with Gasteiger partial charge in [-0.25, -0.2) is 0 Å². The molecule has 0 bridgehead atoms. The van der Waals surface area contributed by atoms with E-state index in [0.717, 1.165) is 0 Å². The van der Waals surface area contributed by atoms with Gasteiger partial charge in [0, 0.05) is 24.9 Å². The van der Waals surface area contributed by atoms with Gasteiger partial charge in [0.25, 0.3) is 11.8 Å². The zero-order chi connectivity index (χ0) is 16.4. The summed E-state index contributed by atoms with van der Waals surface area (Å²) in [4.78, 5) is 38.1. The number of esters is 1. The summed E-state index contributed by atoms with van der Waals surface area (Å²) >= 11 is 5.72. The van der Waals surface area contributed by atoms with Gasteiger partial charge in [-0.1, -0.05) is 11.6 Å². The molecule has 0 aliphatic carbocycles. The maximum atomic E-state index is 11.7. The first-order valence-corrected chi connectivity index (χ1v) is 6.71. The van der Waals surface area contributed by atoms with Crippen molar-refractivity contribution in [3.05, 3.63) is 29.0 Å².